The van der Waals surface area contributed by atoms with Gasteiger partial charge in [-0.3, -0.25) is 9.97 Å². The van der Waals surface area contributed by atoms with E-state index >= 15 is 0 Å². The highest BCUT2D eigenvalue weighted by atomic mass is 32.1. The van der Waals surface area contributed by atoms with Crippen molar-refractivity contribution in [3.63, 3.8) is 0 Å². The number of benzene rings is 2. The van der Waals surface area contributed by atoms with E-state index in [9.17, 15) is 0 Å². The summed E-state index contributed by atoms with van der Waals surface area (Å²) in [6.07, 6.45) is 3.68. The number of hydrogen-bond acceptors (Lipinski definition) is 4. The molecule has 30 heavy (non-hydrogen) atoms. The van der Waals surface area contributed by atoms with Crippen LogP contribution in [0.5, 0.6) is 0 Å². The minimum absolute atomic E-state index is 0.938. The van der Waals surface area contributed by atoms with Gasteiger partial charge in [0.05, 0.1) is 16.3 Å². The number of nitrogens with zero attached hydrogens (tertiary/aromatic N) is 2. The van der Waals surface area contributed by atoms with Crippen molar-refractivity contribution in [1.82, 2.24) is 9.97 Å². The Balaban J connectivity index is 1.79. The van der Waals surface area contributed by atoms with Crippen molar-refractivity contribution in [2.45, 2.75) is 0 Å². The molecule has 144 valence electrons. The lowest BCUT2D eigenvalue weighted by atomic mass is 9.97. The molecule has 0 radical (unpaired) electrons. The van der Waals surface area contributed by atoms with Gasteiger partial charge in [-0.05, 0) is 42.0 Å². The zero-order valence-electron chi connectivity index (χ0n) is 16.2. The Morgan fingerprint density at radius 1 is 0.567 bits per heavy atom. The van der Waals surface area contributed by atoms with Crippen LogP contribution in [0.25, 0.3) is 33.0 Å². The van der Waals surface area contributed by atoms with Gasteiger partial charge in [-0.15, -0.1) is 11.3 Å². The summed E-state index contributed by atoms with van der Waals surface area (Å²) < 4.78 is 0. The number of hydrogen-bond donors (Lipinski definition) is 1. The second-order valence-electron chi connectivity index (χ2n) is 6.80. The minimum atomic E-state index is 0.938. The van der Waals surface area contributed by atoms with E-state index in [4.69, 9.17) is 4.98 Å². The van der Waals surface area contributed by atoms with Crippen LogP contribution in [0.1, 0.15) is 0 Å². The summed E-state index contributed by atoms with van der Waals surface area (Å²) in [5.41, 5.74) is 6.33. The first-order valence-electron chi connectivity index (χ1n) is 9.77. The number of rotatable bonds is 5. The molecule has 0 amide bonds. The van der Waals surface area contributed by atoms with Gasteiger partial charge in [-0.25, -0.2) is 0 Å². The van der Waals surface area contributed by atoms with Crippen LogP contribution in [0, 0.1) is 0 Å². The molecule has 0 atom stereocenters. The fourth-order valence-corrected chi connectivity index (χ4v) is 4.71. The van der Waals surface area contributed by atoms with Crippen molar-refractivity contribution in [2.24, 2.45) is 0 Å². The molecule has 0 saturated heterocycles. The van der Waals surface area contributed by atoms with E-state index in [1.165, 1.54) is 0 Å². The standard InChI is InChI=1S/C26H19N3S/c1-3-11-19(12-4-1)23-24(21-15-7-9-17-27-21)26(29-20-13-5-2-6-14-20)30-25(23)22-16-8-10-18-28-22/h1-18,29H. The predicted molar refractivity (Wildman–Crippen MR) is 126 cm³/mol. The number of anilines is 2. The maximum atomic E-state index is 4.69. The zero-order valence-corrected chi connectivity index (χ0v) is 17.0. The average Bonchev–Trinajstić information content (AvgIpc) is 3.20. The fourth-order valence-electron chi connectivity index (χ4n) is 3.48. The normalized spacial score (nSPS) is 10.7. The molecule has 0 saturated carbocycles. The van der Waals surface area contributed by atoms with E-state index in [-0.39, 0.29) is 0 Å². The van der Waals surface area contributed by atoms with Crippen molar-refractivity contribution in [2.75, 3.05) is 5.32 Å². The van der Waals surface area contributed by atoms with Crippen molar-refractivity contribution >= 4 is 22.0 Å². The maximum absolute atomic E-state index is 4.69. The van der Waals surface area contributed by atoms with Gasteiger partial charge in [0.15, 0.2) is 0 Å². The Labute approximate surface area is 179 Å². The number of aromatic nitrogens is 2. The smallest absolute Gasteiger partial charge is 0.104 e. The Kier molecular flexibility index (Phi) is 5.06. The third-order valence-electron chi connectivity index (χ3n) is 4.82. The van der Waals surface area contributed by atoms with Gasteiger partial charge in [0.2, 0.25) is 0 Å². The van der Waals surface area contributed by atoms with E-state index in [0.29, 0.717) is 0 Å². The van der Waals surface area contributed by atoms with E-state index in [2.05, 4.69) is 58.8 Å². The molecule has 2 aromatic carbocycles. The first kappa shape index (κ1) is 18.3. The molecule has 0 unspecified atom stereocenters. The summed E-state index contributed by atoms with van der Waals surface area (Å²) in [6, 6.07) is 32.8. The molecule has 0 aliphatic rings. The fraction of sp³-hybridized carbons (Fsp3) is 0. The van der Waals surface area contributed by atoms with Crippen LogP contribution < -0.4 is 5.32 Å². The topological polar surface area (TPSA) is 37.8 Å². The molecular formula is C26H19N3S. The van der Waals surface area contributed by atoms with Crippen LogP contribution in [0.15, 0.2) is 109 Å². The van der Waals surface area contributed by atoms with Gasteiger partial charge in [-0.2, -0.15) is 0 Å². The summed E-state index contributed by atoms with van der Waals surface area (Å²) in [6.45, 7) is 0. The van der Waals surface area contributed by atoms with Gasteiger partial charge >= 0.3 is 0 Å². The zero-order chi connectivity index (χ0) is 20.2. The number of thiophene rings is 1. The first-order valence-corrected chi connectivity index (χ1v) is 10.6. The van der Waals surface area contributed by atoms with Gasteiger partial charge in [0, 0.05) is 29.2 Å². The van der Waals surface area contributed by atoms with E-state index in [1.807, 2.05) is 60.9 Å². The Morgan fingerprint density at radius 2 is 1.17 bits per heavy atom. The van der Waals surface area contributed by atoms with Crippen molar-refractivity contribution in [1.29, 1.82) is 0 Å². The van der Waals surface area contributed by atoms with Crippen LogP contribution in [0.3, 0.4) is 0 Å². The summed E-state index contributed by atoms with van der Waals surface area (Å²) in [5.74, 6) is 0. The summed E-state index contributed by atoms with van der Waals surface area (Å²) >= 11 is 1.71. The predicted octanol–water partition coefficient (Wildman–Crippen LogP) is 7.28. The minimum Gasteiger partial charge on any atom is -0.347 e. The highest BCUT2D eigenvalue weighted by Crippen LogP contribution is 2.50. The van der Waals surface area contributed by atoms with Crippen LogP contribution in [0.4, 0.5) is 10.7 Å². The quantitative estimate of drug-likeness (QED) is 0.334. The molecule has 5 aromatic rings. The van der Waals surface area contributed by atoms with Crippen LogP contribution in [-0.2, 0) is 0 Å². The van der Waals surface area contributed by atoms with Crippen LogP contribution in [-0.4, -0.2) is 9.97 Å². The number of para-hydroxylation sites is 1. The van der Waals surface area contributed by atoms with Crippen LogP contribution >= 0.6 is 11.3 Å². The van der Waals surface area contributed by atoms with Crippen molar-refractivity contribution in [3.8, 4) is 33.0 Å². The molecule has 3 nitrogen and oxygen atoms in total. The van der Waals surface area contributed by atoms with Crippen molar-refractivity contribution in [3.05, 3.63) is 109 Å². The summed E-state index contributed by atoms with van der Waals surface area (Å²) in [7, 11) is 0. The molecule has 4 heteroatoms. The molecule has 0 spiro atoms. The van der Waals surface area contributed by atoms with Crippen molar-refractivity contribution < 1.29 is 0 Å². The second kappa shape index (κ2) is 8.31. The monoisotopic (exact) mass is 405 g/mol. The average molecular weight is 406 g/mol. The number of pyridine rings is 2. The molecule has 5 rings (SSSR count). The molecule has 1 N–H and O–H groups in total. The maximum Gasteiger partial charge on any atom is 0.104 e. The second-order valence-corrected chi connectivity index (χ2v) is 7.82. The van der Waals surface area contributed by atoms with E-state index in [1.54, 1.807) is 11.3 Å². The Bertz CT molecular complexity index is 1240. The molecule has 0 aliphatic heterocycles. The highest BCUT2D eigenvalue weighted by molar-refractivity contribution is 7.20. The van der Waals surface area contributed by atoms with E-state index in [0.717, 1.165) is 43.6 Å². The van der Waals surface area contributed by atoms with Gasteiger partial charge in [-0.1, -0.05) is 60.7 Å². The lowest BCUT2D eigenvalue weighted by Gasteiger charge is -2.10. The Morgan fingerprint density at radius 3 is 1.80 bits per heavy atom. The number of nitrogens with one attached hydrogen (secondary N) is 1. The highest BCUT2D eigenvalue weighted by Gasteiger charge is 2.23. The molecule has 3 heterocycles. The third kappa shape index (κ3) is 3.61. The van der Waals surface area contributed by atoms with Gasteiger partial charge < -0.3 is 5.32 Å². The molecule has 0 aliphatic carbocycles. The lowest BCUT2D eigenvalue weighted by Crippen LogP contribution is -1.92. The molecular weight excluding hydrogens is 386 g/mol. The molecule has 3 aromatic heterocycles. The lowest BCUT2D eigenvalue weighted by molar-refractivity contribution is 1.33. The summed E-state index contributed by atoms with van der Waals surface area (Å²) in [4.78, 5) is 10.5. The first-order chi connectivity index (χ1) is 14.9. The van der Waals surface area contributed by atoms with Gasteiger partial charge in [0.25, 0.3) is 0 Å². The van der Waals surface area contributed by atoms with Gasteiger partial charge in [0.1, 0.15) is 5.00 Å². The molecule has 0 bridgehead atoms. The molecule has 0 fully saturated rings. The SMILES string of the molecule is c1ccc(Nc2sc(-c3ccccn3)c(-c3ccccc3)c2-c2ccccn2)cc1. The largest absolute Gasteiger partial charge is 0.347 e. The Hall–Kier alpha value is -3.76. The van der Waals surface area contributed by atoms with Crippen LogP contribution in [0.2, 0.25) is 0 Å². The van der Waals surface area contributed by atoms with E-state index < -0.39 is 0 Å². The third-order valence-corrected chi connectivity index (χ3v) is 5.95. The summed E-state index contributed by atoms with van der Waals surface area (Å²) in [5, 5.41) is 4.68.